The Morgan fingerprint density at radius 1 is 1.32 bits per heavy atom. The van der Waals surface area contributed by atoms with Crippen LogP contribution in [0.3, 0.4) is 0 Å². The summed E-state index contributed by atoms with van der Waals surface area (Å²) in [5.41, 5.74) is 1.72. The van der Waals surface area contributed by atoms with Crippen LogP contribution in [0.4, 0.5) is 19.1 Å². The molecular formula is C12H14F3N3O. The molecule has 0 N–H and O–H groups in total. The van der Waals surface area contributed by atoms with Crippen LogP contribution in [0.1, 0.15) is 24.1 Å². The smallest absolute Gasteiger partial charge is 0.370 e. The molecule has 0 aliphatic carbocycles. The first kappa shape index (κ1) is 12.7. The number of alkyl halides is 3. The molecule has 0 amide bonds. The van der Waals surface area contributed by atoms with Gasteiger partial charge in [-0.1, -0.05) is 0 Å². The topological polar surface area (TPSA) is 38.2 Å². The minimum atomic E-state index is -4.14. The largest absolute Gasteiger partial charge is 0.393 e. The monoisotopic (exact) mass is 273 g/mol. The van der Waals surface area contributed by atoms with Gasteiger partial charge in [0, 0.05) is 24.8 Å². The lowest BCUT2D eigenvalue weighted by Gasteiger charge is -2.33. The number of aromatic nitrogens is 2. The molecule has 2 aliphatic heterocycles. The van der Waals surface area contributed by atoms with E-state index in [4.69, 9.17) is 4.74 Å². The number of ether oxygens (including phenoxy) is 1. The number of halogens is 3. The molecule has 1 saturated heterocycles. The zero-order chi connectivity index (χ0) is 13.5. The second-order valence-corrected chi connectivity index (χ2v) is 4.96. The van der Waals surface area contributed by atoms with Crippen LogP contribution in [0.15, 0.2) is 6.20 Å². The molecule has 7 heteroatoms. The van der Waals surface area contributed by atoms with Gasteiger partial charge in [-0.15, -0.1) is 0 Å². The van der Waals surface area contributed by atoms with Crippen molar-refractivity contribution >= 4 is 5.95 Å². The summed E-state index contributed by atoms with van der Waals surface area (Å²) >= 11 is 0. The van der Waals surface area contributed by atoms with Crippen molar-refractivity contribution in [3.8, 4) is 0 Å². The second-order valence-electron chi connectivity index (χ2n) is 4.96. The van der Waals surface area contributed by atoms with Crippen LogP contribution in [0.2, 0.25) is 0 Å². The predicted octanol–water partition coefficient (Wildman–Crippen LogP) is 2.29. The minimum Gasteiger partial charge on any atom is -0.370 e. The second kappa shape index (κ2) is 4.63. The van der Waals surface area contributed by atoms with Gasteiger partial charge in [0.05, 0.1) is 24.8 Å². The summed E-state index contributed by atoms with van der Waals surface area (Å²) in [4.78, 5) is 10.1. The molecule has 3 rings (SSSR count). The van der Waals surface area contributed by atoms with E-state index >= 15 is 0 Å². The molecule has 2 aliphatic rings. The highest BCUT2D eigenvalue weighted by atomic mass is 19.4. The molecule has 0 radical (unpaired) electrons. The van der Waals surface area contributed by atoms with Crippen LogP contribution in [0.25, 0.3) is 0 Å². The lowest BCUT2D eigenvalue weighted by Crippen LogP contribution is -2.42. The van der Waals surface area contributed by atoms with Gasteiger partial charge in [0.1, 0.15) is 0 Å². The highest BCUT2D eigenvalue weighted by Gasteiger charge is 2.42. The maximum atomic E-state index is 12.8. The highest BCUT2D eigenvalue weighted by molar-refractivity contribution is 5.34. The number of nitrogens with zero attached hydrogens (tertiary/aromatic N) is 3. The lowest BCUT2D eigenvalue weighted by molar-refractivity contribution is -0.176. The van der Waals surface area contributed by atoms with Crippen molar-refractivity contribution in [1.29, 1.82) is 0 Å². The lowest BCUT2D eigenvalue weighted by atomic mass is 9.98. The first-order valence-corrected chi connectivity index (χ1v) is 6.28. The zero-order valence-corrected chi connectivity index (χ0v) is 10.3. The Labute approximate surface area is 108 Å². The highest BCUT2D eigenvalue weighted by Crippen LogP contribution is 2.34. The van der Waals surface area contributed by atoms with Crippen LogP contribution in [0, 0.1) is 5.92 Å². The van der Waals surface area contributed by atoms with E-state index < -0.39 is 12.1 Å². The summed E-state index contributed by atoms with van der Waals surface area (Å²) in [7, 11) is 0. The molecule has 4 nitrogen and oxygen atoms in total. The van der Waals surface area contributed by atoms with E-state index in [0.29, 0.717) is 32.1 Å². The molecule has 3 heterocycles. The molecule has 19 heavy (non-hydrogen) atoms. The zero-order valence-electron chi connectivity index (χ0n) is 10.3. The quantitative estimate of drug-likeness (QED) is 0.787. The molecule has 1 aromatic rings. The Hall–Kier alpha value is -1.37. The normalized spacial score (nSPS) is 23.5. The van der Waals surface area contributed by atoms with E-state index in [9.17, 15) is 13.2 Å². The van der Waals surface area contributed by atoms with Gasteiger partial charge in [-0.3, -0.25) is 0 Å². The summed E-state index contributed by atoms with van der Waals surface area (Å²) in [6.45, 7) is 1.43. The first-order chi connectivity index (χ1) is 9.04. The summed E-state index contributed by atoms with van der Waals surface area (Å²) in [6.07, 6.45) is -1.78. The number of rotatable bonds is 1. The molecular weight excluding hydrogens is 259 g/mol. The standard InChI is InChI=1S/C12H14F3N3O/c13-12(14,15)9-2-1-3-18(5-9)11-16-4-8-6-19-7-10(8)17-11/h4,9H,1-3,5-7H2/t9-/m1/s1. The molecule has 0 bridgehead atoms. The SMILES string of the molecule is FC(F)(F)[C@@H]1CCCN(c2ncc3c(n2)COC3)C1. The van der Waals surface area contributed by atoms with Crippen molar-refractivity contribution in [2.24, 2.45) is 5.92 Å². The average molecular weight is 273 g/mol. The molecule has 0 unspecified atom stereocenters. The van der Waals surface area contributed by atoms with E-state index in [-0.39, 0.29) is 13.0 Å². The fraction of sp³-hybridized carbons (Fsp3) is 0.667. The van der Waals surface area contributed by atoms with Gasteiger partial charge < -0.3 is 9.64 Å². The molecule has 1 fully saturated rings. The molecule has 1 atom stereocenters. The predicted molar refractivity (Wildman–Crippen MR) is 61.5 cm³/mol. The molecule has 104 valence electrons. The van der Waals surface area contributed by atoms with Gasteiger partial charge in [0.25, 0.3) is 0 Å². The molecule has 0 saturated carbocycles. The number of fused-ring (bicyclic) bond motifs is 1. The van der Waals surface area contributed by atoms with Crippen LogP contribution >= 0.6 is 0 Å². The van der Waals surface area contributed by atoms with Gasteiger partial charge in [-0.05, 0) is 12.8 Å². The van der Waals surface area contributed by atoms with E-state index in [1.807, 2.05) is 0 Å². The Kier molecular flexibility index (Phi) is 3.08. The van der Waals surface area contributed by atoms with Gasteiger partial charge in [0.2, 0.25) is 5.95 Å². The van der Waals surface area contributed by atoms with Crippen molar-refractivity contribution in [3.05, 3.63) is 17.5 Å². The summed E-state index contributed by atoms with van der Waals surface area (Å²) in [6, 6.07) is 0. The fourth-order valence-corrected chi connectivity index (χ4v) is 2.51. The maximum absolute atomic E-state index is 12.8. The Balaban J connectivity index is 1.78. The Morgan fingerprint density at radius 3 is 2.95 bits per heavy atom. The molecule has 1 aromatic heterocycles. The Bertz CT molecular complexity index is 478. The number of piperidine rings is 1. The van der Waals surface area contributed by atoms with E-state index in [1.165, 1.54) is 0 Å². The van der Waals surface area contributed by atoms with E-state index in [0.717, 1.165) is 11.3 Å². The van der Waals surface area contributed by atoms with E-state index in [2.05, 4.69) is 9.97 Å². The number of hydrogen-bond acceptors (Lipinski definition) is 4. The maximum Gasteiger partial charge on any atom is 0.393 e. The average Bonchev–Trinajstić information content (AvgIpc) is 2.85. The summed E-state index contributed by atoms with van der Waals surface area (Å²) in [5.74, 6) is -0.896. The third-order valence-corrected chi connectivity index (χ3v) is 3.60. The van der Waals surface area contributed by atoms with Crippen LogP contribution < -0.4 is 4.90 Å². The first-order valence-electron chi connectivity index (χ1n) is 6.28. The van der Waals surface area contributed by atoms with Crippen molar-refractivity contribution < 1.29 is 17.9 Å². The van der Waals surface area contributed by atoms with Gasteiger partial charge in [0.15, 0.2) is 0 Å². The molecule has 0 spiro atoms. The number of anilines is 1. The van der Waals surface area contributed by atoms with Gasteiger partial charge in [-0.25, -0.2) is 9.97 Å². The Morgan fingerprint density at radius 2 is 2.16 bits per heavy atom. The third-order valence-electron chi connectivity index (χ3n) is 3.60. The molecule has 0 aromatic carbocycles. The van der Waals surface area contributed by atoms with Crippen LogP contribution in [0.5, 0.6) is 0 Å². The van der Waals surface area contributed by atoms with Crippen LogP contribution in [-0.4, -0.2) is 29.2 Å². The van der Waals surface area contributed by atoms with Crippen molar-refractivity contribution in [2.45, 2.75) is 32.2 Å². The third kappa shape index (κ3) is 2.51. The van der Waals surface area contributed by atoms with E-state index in [1.54, 1.807) is 11.1 Å². The van der Waals surface area contributed by atoms with Crippen LogP contribution in [-0.2, 0) is 18.0 Å². The minimum absolute atomic E-state index is 0.0524. The number of hydrogen-bond donors (Lipinski definition) is 0. The summed E-state index contributed by atoms with van der Waals surface area (Å²) in [5, 5.41) is 0. The van der Waals surface area contributed by atoms with Crippen molar-refractivity contribution in [3.63, 3.8) is 0 Å². The van der Waals surface area contributed by atoms with Crippen molar-refractivity contribution in [1.82, 2.24) is 9.97 Å². The fourth-order valence-electron chi connectivity index (χ4n) is 2.51. The van der Waals surface area contributed by atoms with Gasteiger partial charge >= 0.3 is 6.18 Å². The van der Waals surface area contributed by atoms with Crippen molar-refractivity contribution in [2.75, 3.05) is 18.0 Å². The summed E-state index contributed by atoms with van der Waals surface area (Å²) < 4.78 is 43.5. The van der Waals surface area contributed by atoms with Gasteiger partial charge in [-0.2, -0.15) is 13.2 Å².